The molecule has 3 heterocycles. The van der Waals surface area contributed by atoms with Crippen LogP contribution in [0.5, 0.6) is 0 Å². The van der Waals surface area contributed by atoms with Gasteiger partial charge in [0.15, 0.2) is 5.82 Å². The number of alkyl halides is 3. The molecule has 2 atom stereocenters. The van der Waals surface area contributed by atoms with E-state index < -0.39 is 70.1 Å². The quantitative estimate of drug-likeness (QED) is 0.406. The lowest BCUT2D eigenvalue weighted by Crippen LogP contribution is -2.47. The fourth-order valence-electron chi connectivity index (χ4n) is 4.30. The number of halogens is 6. The van der Waals surface area contributed by atoms with Crippen LogP contribution < -0.4 is 9.80 Å². The first kappa shape index (κ1) is 27.4. The van der Waals surface area contributed by atoms with Gasteiger partial charge in [-0.15, -0.1) is 0 Å². The van der Waals surface area contributed by atoms with Crippen LogP contribution in [-0.2, 0) is 15.7 Å². The highest BCUT2D eigenvalue weighted by Crippen LogP contribution is 2.35. The molecule has 4 amide bonds. The first-order valence-electron chi connectivity index (χ1n) is 11.2. The molecule has 0 aliphatic carbocycles. The van der Waals surface area contributed by atoms with E-state index >= 15 is 0 Å². The van der Waals surface area contributed by atoms with Crippen molar-refractivity contribution in [3.8, 4) is 0 Å². The van der Waals surface area contributed by atoms with Crippen molar-refractivity contribution in [2.75, 3.05) is 43.5 Å². The minimum atomic E-state index is -4.77. The van der Waals surface area contributed by atoms with Crippen molar-refractivity contribution in [2.45, 2.75) is 25.2 Å². The number of carbonyl (C=O) groups excluding carboxylic acids is 3. The fourth-order valence-corrected chi connectivity index (χ4v) is 4.46. The molecule has 9 nitrogen and oxygen atoms in total. The number of amides is 4. The standard InChI is InChI=1S/C23H21ClF5N5O4/c1-11-6-12(23(27,28)29)7-17(30-11)34-16(10-33(21(34)36)9-13-8-31(2)22(37)38-13)20(35)32(3)15-5-4-14(25)18(24)19(15)26/h4-7,13,16H,8-10H2,1-3H3/t13-,16+/m1/s1. The van der Waals surface area contributed by atoms with Crippen LogP contribution in [-0.4, -0.2) is 78.7 Å². The summed E-state index contributed by atoms with van der Waals surface area (Å²) in [5.41, 5.74) is -1.57. The van der Waals surface area contributed by atoms with Gasteiger partial charge in [0.25, 0.3) is 5.91 Å². The Bertz CT molecular complexity index is 1310. The highest BCUT2D eigenvalue weighted by Gasteiger charge is 2.47. The molecule has 0 bridgehead atoms. The average Bonchev–Trinajstić information content (AvgIpc) is 3.33. The molecule has 1 aromatic heterocycles. The van der Waals surface area contributed by atoms with Gasteiger partial charge in [-0.05, 0) is 31.2 Å². The largest absolute Gasteiger partial charge is 0.442 e. The van der Waals surface area contributed by atoms with Gasteiger partial charge in [-0.25, -0.2) is 23.4 Å². The van der Waals surface area contributed by atoms with Crippen LogP contribution in [0.25, 0.3) is 0 Å². The van der Waals surface area contributed by atoms with Gasteiger partial charge in [-0.1, -0.05) is 11.6 Å². The molecule has 0 saturated carbocycles. The lowest BCUT2D eigenvalue weighted by Gasteiger charge is -2.27. The van der Waals surface area contributed by atoms with Crippen LogP contribution in [0.3, 0.4) is 0 Å². The Morgan fingerprint density at radius 1 is 1.21 bits per heavy atom. The highest BCUT2D eigenvalue weighted by atomic mass is 35.5. The molecule has 2 aliphatic rings. The van der Waals surface area contributed by atoms with Gasteiger partial charge < -0.3 is 19.4 Å². The lowest BCUT2D eigenvalue weighted by atomic mass is 10.1. The van der Waals surface area contributed by atoms with E-state index in [1.807, 2.05) is 0 Å². The number of aryl methyl sites for hydroxylation is 1. The summed E-state index contributed by atoms with van der Waals surface area (Å²) in [6, 6.07) is 0.902. The number of urea groups is 1. The Kier molecular flexibility index (Phi) is 7.12. The molecule has 15 heteroatoms. The van der Waals surface area contributed by atoms with E-state index in [1.165, 1.54) is 18.9 Å². The van der Waals surface area contributed by atoms with Crippen LogP contribution in [0.15, 0.2) is 24.3 Å². The van der Waals surface area contributed by atoms with Crippen molar-refractivity contribution in [2.24, 2.45) is 0 Å². The van der Waals surface area contributed by atoms with E-state index in [1.54, 1.807) is 0 Å². The molecule has 38 heavy (non-hydrogen) atoms. The van der Waals surface area contributed by atoms with E-state index in [2.05, 4.69) is 4.98 Å². The topological polar surface area (TPSA) is 86.3 Å². The van der Waals surface area contributed by atoms with Crippen LogP contribution in [0.4, 0.5) is 43.0 Å². The maximum absolute atomic E-state index is 14.7. The summed E-state index contributed by atoms with van der Waals surface area (Å²) in [6.07, 6.45) is -6.14. The molecular weight excluding hydrogens is 541 g/mol. The third-order valence-electron chi connectivity index (χ3n) is 6.17. The van der Waals surface area contributed by atoms with Crippen molar-refractivity contribution in [3.63, 3.8) is 0 Å². The summed E-state index contributed by atoms with van der Waals surface area (Å²) in [4.78, 5) is 46.7. The SMILES string of the molecule is Cc1cc(C(F)(F)F)cc(N2C(=O)N(C[C@H]3CN(C)C(=O)O3)C[C@H]2C(=O)N(C)c2ccc(F)c(Cl)c2F)n1. The average molecular weight is 562 g/mol. The molecule has 2 fully saturated rings. The van der Waals surface area contributed by atoms with Gasteiger partial charge >= 0.3 is 18.3 Å². The predicted molar refractivity (Wildman–Crippen MR) is 125 cm³/mol. The van der Waals surface area contributed by atoms with Crippen LogP contribution in [0, 0.1) is 18.6 Å². The number of ether oxygens (including phenoxy) is 1. The second-order valence-corrected chi connectivity index (χ2v) is 9.28. The van der Waals surface area contributed by atoms with E-state index in [-0.39, 0.29) is 25.3 Å². The summed E-state index contributed by atoms with van der Waals surface area (Å²) < 4.78 is 74.1. The van der Waals surface area contributed by atoms with Gasteiger partial charge in [0.2, 0.25) is 0 Å². The first-order valence-corrected chi connectivity index (χ1v) is 11.5. The Morgan fingerprint density at radius 3 is 2.50 bits per heavy atom. The van der Waals surface area contributed by atoms with Crippen LogP contribution in [0.2, 0.25) is 5.02 Å². The molecule has 0 unspecified atom stereocenters. The van der Waals surface area contributed by atoms with E-state index in [4.69, 9.17) is 16.3 Å². The molecule has 0 spiro atoms. The Morgan fingerprint density at radius 2 is 1.89 bits per heavy atom. The van der Waals surface area contributed by atoms with Crippen molar-refractivity contribution in [1.82, 2.24) is 14.8 Å². The molecule has 2 aliphatic heterocycles. The number of anilines is 2. The van der Waals surface area contributed by atoms with Gasteiger partial charge in [0.1, 0.15) is 28.8 Å². The molecule has 0 N–H and O–H groups in total. The van der Waals surface area contributed by atoms with Crippen molar-refractivity contribution < 1.29 is 41.1 Å². The number of pyridine rings is 1. The monoisotopic (exact) mass is 561 g/mol. The molecule has 0 radical (unpaired) electrons. The summed E-state index contributed by atoms with van der Waals surface area (Å²) in [7, 11) is 2.64. The van der Waals surface area contributed by atoms with E-state index in [0.29, 0.717) is 6.07 Å². The van der Waals surface area contributed by atoms with Gasteiger partial charge in [-0.2, -0.15) is 13.2 Å². The van der Waals surface area contributed by atoms with E-state index in [0.717, 1.165) is 39.9 Å². The first-order chi connectivity index (χ1) is 17.7. The van der Waals surface area contributed by atoms with Crippen molar-refractivity contribution in [3.05, 3.63) is 52.2 Å². The van der Waals surface area contributed by atoms with Crippen molar-refractivity contribution in [1.29, 1.82) is 0 Å². The number of hydrogen-bond donors (Lipinski definition) is 0. The Balaban J connectivity index is 1.72. The minimum absolute atomic E-state index is 0.0664. The predicted octanol–water partition coefficient (Wildman–Crippen LogP) is 4.06. The molecule has 204 valence electrons. The molecule has 2 saturated heterocycles. The molecule has 4 rings (SSSR count). The summed E-state index contributed by atoms with van der Waals surface area (Å²) in [6.45, 7) is 0.936. The van der Waals surface area contributed by atoms with Crippen LogP contribution in [0.1, 0.15) is 11.3 Å². The number of benzene rings is 1. The van der Waals surface area contributed by atoms with Gasteiger partial charge in [0, 0.05) is 19.8 Å². The fraction of sp³-hybridized carbons (Fsp3) is 0.391. The normalized spacial score (nSPS) is 19.9. The number of hydrogen-bond acceptors (Lipinski definition) is 5. The second-order valence-electron chi connectivity index (χ2n) is 8.90. The lowest BCUT2D eigenvalue weighted by molar-refractivity contribution is -0.137. The zero-order valence-corrected chi connectivity index (χ0v) is 21.0. The molecule has 2 aromatic rings. The minimum Gasteiger partial charge on any atom is -0.442 e. The van der Waals surface area contributed by atoms with Gasteiger partial charge in [0.05, 0.1) is 30.9 Å². The Labute approximate surface area is 218 Å². The number of aromatic nitrogens is 1. The summed E-state index contributed by atoms with van der Waals surface area (Å²) >= 11 is 5.64. The summed E-state index contributed by atoms with van der Waals surface area (Å²) in [5.74, 6) is -3.64. The number of likely N-dealkylation sites (N-methyl/N-ethyl adjacent to an activating group) is 2. The van der Waals surface area contributed by atoms with E-state index in [9.17, 15) is 36.3 Å². The number of cyclic esters (lactones) is 1. The summed E-state index contributed by atoms with van der Waals surface area (Å²) in [5, 5.41) is -0.856. The molecular formula is C23H21ClF5N5O4. The number of nitrogens with zero attached hydrogens (tertiary/aromatic N) is 5. The smallest absolute Gasteiger partial charge is 0.416 e. The third-order valence-corrected chi connectivity index (χ3v) is 6.51. The maximum Gasteiger partial charge on any atom is 0.416 e. The molecule has 1 aromatic carbocycles. The van der Waals surface area contributed by atoms with Gasteiger partial charge in [-0.3, -0.25) is 9.69 Å². The Hall–Kier alpha value is -3.68. The zero-order chi connectivity index (χ0) is 28.1. The second kappa shape index (κ2) is 9.89. The highest BCUT2D eigenvalue weighted by molar-refractivity contribution is 6.31. The number of carbonyl (C=O) groups is 3. The maximum atomic E-state index is 14.7. The third kappa shape index (κ3) is 5.04. The number of rotatable bonds is 5. The zero-order valence-electron chi connectivity index (χ0n) is 20.2. The van der Waals surface area contributed by atoms with Crippen LogP contribution >= 0.6 is 11.6 Å². The van der Waals surface area contributed by atoms with Crippen molar-refractivity contribution >= 4 is 41.1 Å².